The molecule has 1 rings (SSSR count). The molecule has 0 heterocycles. The Labute approximate surface area is 124 Å². The maximum atomic E-state index is 12.2. The molecule has 0 aromatic heterocycles. The highest BCUT2D eigenvalue weighted by atomic mass is 16.5. The summed E-state index contributed by atoms with van der Waals surface area (Å²) in [5.74, 6) is 4.76. The lowest BCUT2D eigenvalue weighted by Gasteiger charge is -2.12. The summed E-state index contributed by atoms with van der Waals surface area (Å²) in [7, 11) is 1.27. The van der Waals surface area contributed by atoms with Crippen molar-refractivity contribution in [2.75, 3.05) is 13.7 Å². The Morgan fingerprint density at radius 1 is 1.43 bits per heavy atom. The van der Waals surface area contributed by atoms with Gasteiger partial charge in [0.25, 0.3) is 5.91 Å². The number of hydrogen-bond acceptors (Lipinski definition) is 4. The summed E-state index contributed by atoms with van der Waals surface area (Å²) in [6.45, 7) is 3.42. The van der Waals surface area contributed by atoms with Crippen LogP contribution in [0.2, 0.25) is 0 Å². The van der Waals surface area contributed by atoms with Crippen molar-refractivity contribution in [2.24, 2.45) is 0 Å². The number of esters is 1. The third-order valence-corrected chi connectivity index (χ3v) is 2.78. The lowest BCUT2D eigenvalue weighted by molar-refractivity contribution is -0.142. The topological polar surface area (TPSA) is 75.6 Å². The molecule has 0 aliphatic carbocycles. The number of carbonyl (C=O) groups excluding carboxylic acids is 2. The van der Waals surface area contributed by atoms with Crippen molar-refractivity contribution in [1.82, 2.24) is 5.32 Å². The Kier molecular flexibility index (Phi) is 6.44. The van der Waals surface area contributed by atoms with E-state index < -0.39 is 12.0 Å². The van der Waals surface area contributed by atoms with Crippen LogP contribution < -0.4 is 5.32 Å². The van der Waals surface area contributed by atoms with Gasteiger partial charge in [0.15, 0.2) is 0 Å². The van der Waals surface area contributed by atoms with Crippen LogP contribution >= 0.6 is 0 Å². The van der Waals surface area contributed by atoms with E-state index in [1.807, 2.05) is 6.92 Å². The first-order valence-electron chi connectivity index (χ1n) is 6.58. The molecule has 0 spiro atoms. The fraction of sp³-hybridized carbons (Fsp3) is 0.375. The second-order valence-electron chi connectivity index (χ2n) is 4.54. The van der Waals surface area contributed by atoms with E-state index in [0.717, 1.165) is 5.56 Å². The number of carbonyl (C=O) groups is 2. The Hall–Kier alpha value is -2.32. The van der Waals surface area contributed by atoms with E-state index in [2.05, 4.69) is 21.9 Å². The predicted octanol–water partition coefficient (Wildman–Crippen LogP) is 1.02. The third kappa shape index (κ3) is 4.93. The van der Waals surface area contributed by atoms with Crippen LogP contribution in [0.15, 0.2) is 18.2 Å². The summed E-state index contributed by atoms with van der Waals surface area (Å²) in [5, 5.41) is 11.3. The first-order valence-corrected chi connectivity index (χ1v) is 6.58. The Morgan fingerprint density at radius 2 is 2.14 bits per heavy atom. The maximum Gasteiger partial charge on any atom is 0.328 e. The van der Waals surface area contributed by atoms with Crippen LogP contribution in [0.1, 0.15) is 34.8 Å². The monoisotopic (exact) mass is 289 g/mol. The standard InChI is InChI=1S/C16H19NO4/c1-11-7-8-14(13(10-11)6-4-5-9-18)15(19)17-12(2)16(20)21-3/h7-8,10,12,18H,5,9H2,1-3H3,(H,17,19). The summed E-state index contributed by atoms with van der Waals surface area (Å²) in [6, 6.07) is 4.52. The summed E-state index contributed by atoms with van der Waals surface area (Å²) >= 11 is 0. The van der Waals surface area contributed by atoms with E-state index in [-0.39, 0.29) is 12.5 Å². The van der Waals surface area contributed by atoms with E-state index in [0.29, 0.717) is 17.5 Å². The summed E-state index contributed by atoms with van der Waals surface area (Å²) in [5.41, 5.74) is 1.93. The molecule has 0 radical (unpaired) electrons. The van der Waals surface area contributed by atoms with Gasteiger partial charge in [-0.2, -0.15) is 0 Å². The van der Waals surface area contributed by atoms with Crippen molar-refractivity contribution in [1.29, 1.82) is 0 Å². The first-order chi connectivity index (χ1) is 9.99. The van der Waals surface area contributed by atoms with Gasteiger partial charge in [-0.1, -0.05) is 17.9 Å². The lowest BCUT2D eigenvalue weighted by atomic mass is 10.0. The molecule has 5 heteroatoms. The van der Waals surface area contributed by atoms with Gasteiger partial charge >= 0.3 is 5.97 Å². The highest BCUT2D eigenvalue weighted by Gasteiger charge is 2.18. The second kappa shape index (κ2) is 8.08. The Bertz CT molecular complexity index is 584. The number of methoxy groups -OCH3 is 1. The number of rotatable bonds is 4. The summed E-state index contributed by atoms with van der Waals surface area (Å²) in [4.78, 5) is 23.5. The second-order valence-corrected chi connectivity index (χ2v) is 4.54. The quantitative estimate of drug-likeness (QED) is 0.641. The molecule has 2 N–H and O–H groups in total. The van der Waals surface area contributed by atoms with E-state index in [9.17, 15) is 9.59 Å². The van der Waals surface area contributed by atoms with Gasteiger partial charge in [-0.15, -0.1) is 0 Å². The predicted molar refractivity (Wildman–Crippen MR) is 78.7 cm³/mol. The van der Waals surface area contributed by atoms with Crippen molar-refractivity contribution >= 4 is 11.9 Å². The van der Waals surface area contributed by atoms with Gasteiger partial charge in [-0.05, 0) is 31.5 Å². The summed E-state index contributed by atoms with van der Waals surface area (Å²) < 4.78 is 4.57. The van der Waals surface area contributed by atoms with E-state index in [1.54, 1.807) is 25.1 Å². The van der Waals surface area contributed by atoms with E-state index >= 15 is 0 Å². The van der Waals surface area contributed by atoms with Gasteiger partial charge < -0.3 is 15.2 Å². The average Bonchev–Trinajstić information content (AvgIpc) is 2.46. The molecule has 1 unspecified atom stereocenters. The molecule has 1 aromatic carbocycles. The van der Waals surface area contributed by atoms with Crippen molar-refractivity contribution < 1.29 is 19.4 Å². The zero-order valence-corrected chi connectivity index (χ0v) is 12.4. The number of benzene rings is 1. The van der Waals surface area contributed by atoms with E-state index in [4.69, 9.17) is 5.11 Å². The molecule has 21 heavy (non-hydrogen) atoms. The van der Waals surface area contributed by atoms with Crippen LogP contribution in [0.3, 0.4) is 0 Å². The number of aliphatic hydroxyl groups excluding tert-OH is 1. The molecule has 1 atom stereocenters. The van der Waals surface area contributed by atoms with Crippen LogP contribution in [0.25, 0.3) is 0 Å². The highest BCUT2D eigenvalue weighted by molar-refractivity contribution is 5.98. The largest absolute Gasteiger partial charge is 0.467 e. The molecule has 5 nitrogen and oxygen atoms in total. The summed E-state index contributed by atoms with van der Waals surface area (Å²) in [6.07, 6.45) is 0.341. The normalized spacial score (nSPS) is 11.0. The van der Waals surface area contributed by atoms with Crippen molar-refractivity contribution in [3.8, 4) is 11.8 Å². The smallest absolute Gasteiger partial charge is 0.328 e. The Balaban J connectivity index is 2.99. The molecule has 0 bridgehead atoms. The van der Waals surface area contributed by atoms with Crippen LogP contribution in [0.5, 0.6) is 0 Å². The fourth-order valence-corrected chi connectivity index (χ4v) is 1.68. The number of amides is 1. The van der Waals surface area contributed by atoms with Crippen molar-refractivity contribution in [3.05, 3.63) is 34.9 Å². The molecule has 0 aliphatic rings. The van der Waals surface area contributed by atoms with Crippen LogP contribution in [-0.2, 0) is 9.53 Å². The highest BCUT2D eigenvalue weighted by Crippen LogP contribution is 2.11. The zero-order valence-electron chi connectivity index (χ0n) is 12.4. The number of hydrogen-bond donors (Lipinski definition) is 2. The maximum absolute atomic E-state index is 12.2. The van der Waals surface area contributed by atoms with Gasteiger partial charge in [0.05, 0.1) is 19.3 Å². The van der Waals surface area contributed by atoms with E-state index in [1.165, 1.54) is 7.11 Å². The lowest BCUT2D eigenvalue weighted by Crippen LogP contribution is -2.39. The first kappa shape index (κ1) is 16.7. The van der Waals surface area contributed by atoms with Gasteiger partial charge in [0, 0.05) is 12.0 Å². The van der Waals surface area contributed by atoms with Gasteiger partial charge in [-0.3, -0.25) is 4.79 Å². The van der Waals surface area contributed by atoms with Crippen LogP contribution in [0, 0.1) is 18.8 Å². The number of ether oxygens (including phenoxy) is 1. The van der Waals surface area contributed by atoms with Gasteiger partial charge in [0.2, 0.25) is 0 Å². The molecule has 1 amide bonds. The van der Waals surface area contributed by atoms with Crippen LogP contribution in [0.4, 0.5) is 0 Å². The number of aryl methyl sites for hydroxylation is 1. The molecular formula is C16H19NO4. The van der Waals surface area contributed by atoms with Crippen LogP contribution in [-0.4, -0.2) is 36.7 Å². The molecule has 0 saturated carbocycles. The van der Waals surface area contributed by atoms with Gasteiger partial charge in [-0.25, -0.2) is 4.79 Å². The van der Waals surface area contributed by atoms with Crippen molar-refractivity contribution in [2.45, 2.75) is 26.3 Å². The molecule has 112 valence electrons. The number of nitrogens with one attached hydrogen (secondary N) is 1. The SMILES string of the molecule is COC(=O)C(C)NC(=O)c1ccc(C)cc1C#CCCO. The molecule has 0 fully saturated rings. The molecule has 1 aromatic rings. The number of aliphatic hydroxyl groups is 1. The minimum atomic E-state index is -0.734. The molecule has 0 aliphatic heterocycles. The fourth-order valence-electron chi connectivity index (χ4n) is 1.68. The zero-order chi connectivity index (χ0) is 15.8. The Morgan fingerprint density at radius 3 is 2.76 bits per heavy atom. The molecular weight excluding hydrogens is 270 g/mol. The molecule has 0 saturated heterocycles. The van der Waals surface area contributed by atoms with Gasteiger partial charge in [0.1, 0.15) is 6.04 Å². The van der Waals surface area contributed by atoms with Crippen molar-refractivity contribution in [3.63, 3.8) is 0 Å². The minimum absolute atomic E-state index is 0.0281. The third-order valence-electron chi connectivity index (χ3n) is 2.78. The minimum Gasteiger partial charge on any atom is -0.467 e. The average molecular weight is 289 g/mol.